The van der Waals surface area contributed by atoms with E-state index in [1.807, 2.05) is 50.2 Å². The molecule has 19 heavy (non-hydrogen) atoms. The quantitative estimate of drug-likeness (QED) is 0.788. The molecule has 0 aliphatic carbocycles. The third-order valence-corrected chi connectivity index (χ3v) is 3.16. The highest BCUT2D eigenvalue weighted by Gasteiger charge is 2.03. The Morgan fingerprint density at radius 1 is 1.00 bits per heavy atom. The molecule has 0 bridgehead atoms. The number of hydrogen-bond donors (Lipinski definition) is 3. The van der Waals surface area contributed by atoms with Crippen LogP contribution in [-0.4, -0.2) is 10.2 Å². The zero-order chi connectivity index (χ0) is 13.8. The maximum Gasteiger partial charge on any atom is 0.121 e. The molecule has 0 atom stereocenters. The van der Waals surface area contributed by atoms with Crippen LogP contribution in [0.2, 0.25) is 0 Å². The van der Waals surface area contributed by atoms with Crippen molar-refractivity contribution in [1.29, 1.82) is 0 Å². The van der Waals surface area contributed by atoms with Gasteiger partial charge in [-0.1, -0.05) is 24.3 Å². The number of rotatable bonds is 4. The van der Waals surface area contributed by atoms with E-state index in [0.29, 0.717) is 12.3 Å². The molecule has 0 aromatic heterocycles. The van der Waals surface area contributed by atoms with Gasteiger partial charge < -0.3 is 15.5 Å². The third kappa shape index (κ3) is 3.26. The number of phenolic OH excluding ortho intramolecular Hbond substituents is 1. The van der Waals surface area contributed by atoms with E-state index in [-0.39, 0.29) is 6.61 Å². The first-order valence-corrected chi connectivity index (χ1v) is 6.33. The Balaban J connectivity index is 2.10. The van der Waals surface area contributed by atoms with Crippen LogP contribution in [0.3, 0.4) is 0 Å². The van der Waals surface area contributed by atoms with Crippen molar-refractivity contribution in [3.63, 3.8) is 0 Å². The Bertz CT molecular complexity index is 556. The topological polar surface area (TPSA) is 52.5 Å². The second kappa shape index (κ2) is 5.76. The second-order valence-corrected chi connectivity index (χ2v) is 4.79. The minimum atomic E-state index is 0.0486. The zero-order valence-electron chi connectivity index (χ0n) is 11.3. The van der Waals surface area contributed by atoms with Gasteiger partial charge in [0.15, 0.2) is 0 Å². The molecular formula is C16H19NO2. The van der Waals surface area contributed by atoms with Crippen molar-refractivity contribution in [3.8, 4) is 5.75 Å². The Morgan fingerprint density at radius 2 is 1.68 bits per heavy atom. The second-order valence-electron chi connectivity index (χ2n) is 4.79. The molecule has 3 N–H and O–H groups in total. The largest absolute Gasteiger partial charge is 0.507 e. The lowest BCUT2D eigenvalue weighted by atomic mass is 10.1. The lowest BCUT2D eigenvalue weighted by Crippen LogP contribution is -2.01. The molecule has 2 rings (SSSR count). The molecule has 0 spiro atoms. The van der Waals surface area contributed by atoms with Crippen molar-refractivity contribution in [3.05, 3.63) is 58.7 Å². The number of aliphatic hydroxyl groups excluding tert-OH is 1. The van der Waals surface area contributed by atoms with Gasteiger partial charge in [0.25, 0.3) is 0 Å². The number of aromatic hydroxyl groups is 1. The van der Waals surface area contributed by atoms with E-state index in [1.54, 1.807) is 0 Å². The SMILES string of the molecule is Cc1cc(CNc2cccc(CO)c2)cc(C)c1O. The van der Waals surface area contributed by atoms with Crippen LogP contribution in [0.15, 0.2) is 36.4 Å². The fourth-order valence-corrected chi connectivity index (χ4v) is 2.13. The van der Waals surface area contributed by atoms with Crippen LogP contribution in [-0.2, 0) is 13.2 Å². The highest BCUT2D eigenvalue weighted by atomic mass is 16.3. The van der Waals surface area contributed by atoms with E-state index < -0.39 is 0 Å². The highest BCUT2D eigenvalue weighted by Crippen LogP contribution is 2.23. The van der Waals surface area contributed by atoms with Gasteiger partial charge in [0, 0.05) is 12.2 Å². The Hall–Kier alpha value is -2.00. The Kier molecular flexibility index (Phi) is 4.07. The number of benzene rings is 2. The lowest BCUT2D eigenvalue weighted by molar-refractivity contribution is 0.282. The predicted molar refractivity (Wildman–Crippen MR) is 77.3 cm³/mol. The molecule has 0 saturated carbocycles. The number of hydrogen-bond acceptors (Lipinski definition) is 3. The molecule has 0 fully saturated rings. The van der Waals surface area contributed by atoms with E-state index >= 15 is 0 Å². The summed E-state index contributed by atoms with van der Waals surface area (Å²) < 4.78 is 0. The highest BCUT2D eigenvalue weighted by molar-refractivity contribution is 5.48. The third-order valence-electron chi connectivity index (χ3n) is 3.16. The Labute approximate surface area is 113 Å². The average Bonchev–Trinajstić information content (AvgIpc) is 2.42. The normalized spacial score (nSPS) is 10.5. The summed E-state index contributed by atoms with van der Waals surface area (Å²) >= 11 is 0. The fraction of sp³-hybridized carbons (Fsp3) is 0.250. The molecule has 0 unspecified atom stereocenters. The summed E-state index contributed by atoms with van der Waals surface area (Å²) in [7, 11) is 0. The van der Waals surface area contributed by atoms with Gasteiger partial charge in [-0.15, -0.1) is 0 Å². The van der Waals surface area contributed by atoms with Crippen LogP contribution in [0.5, 0.6) is 5.75 Å². The minimum absolute atomic E-state index is 0.0486. The summed E-state index contributed by atoms with van der Waals surface area (Å²) in [4.78, 5) is 0. The number of aliphatic hydroxyl groups is 1. The van der Waals surface area contributed by atoms with Gasteiger partial charge in [-0.2, -0.15) is 0 Å². The van der Waals surface area contributed by atoms with Crippen molar-refractivity contribution in [2.45, 2.75) is 27.0 Å². The van der Waals surface area contributed by atoms with Crippen molar-refractivity contribution in [2.75, 3.05) is 5.32 Å². The van der Waals surface area contributed by atoms with Gasteiger partial charge >= 0.3 is 0 Å². The van der Waals surface area contributed by atoms with Gasteiger partial charge in [-0.3, -0.25) is 0 Å². The van der Waals surface area contributed by atoms with Gasteiger partial charge in [-0.25, -0.2) is 0 Å². The van der Waals surface area contributed by atoms with Crippen LogP contribution in [0, 0.1) is 13.8 Å². The van der Waals surface area contributed by atoms with Gasteiger partial charge in [0.05, 0.1) is 6.61 Å². The standard InChI is InChI=1S/C16H19NO2/c1-11-6-14(7-12(2)16(11)19)9-17-15-5-3-4-13(8-15)10-18/h3-8,17-19H,9-10H2,1-2H3. The van der Waals surface area contributed by atoms with E-state index in [9.17, 15) is 5.11 Å². The molecule has 3 heteroatoms. The summed E-state index contributed by atoms with van der Waals surface area (Å²) in [6, 6.07) is 11.7. The molecule has 2 aromatic carbocycles. The Morgan fingerprint density at radius 3 is 2.32 bits per heavy atom. The summed E-state index contributed by atoms with van der Waals surface area (Å²) in [5.74, 6) is 0.367. The smallest absolute Gasteiger partial charge is 0.121 e. The van der Waals surface area contributed by atoms with E-state index in [0.717, 1.165) is 27.9 Å². The van der Waals surface area contributed by atoms with Crippen LogP contribution >= 0.6 is 0 Å². The monoisotopic (exact) mass is 257 g/mol. The summed E-state index contributed by atoms with van der Waals surface area (Å²) in [6.07, 6.45) is 0. The molecule has 0 aliphatic heterocycles. The summed E-state index contributed by atoms with van der Waals surface area (Å²) in [6.45, 7) is 4.54. The first kappa shape index (κ1) is 13.4. The summed E-state index contributed by atoms with van der Waals surface area (Å²) in [5, 5.41) is 22.1. The molecular weight excluding hydrogens is 238 g/mol. The molecule has 0 aliphatic rings. The van der Waals surface area contributed by atoms with Crippen LogP contribution in [0.1, 0.15) is 22.3 Å². The molecule has 2 aromatic rings. The number of aryl methyl sites for hydroxylation is 2. The maximum absolute atomic E-state index is 9.74. The molecule has 3 nitrogen and oxygen atoms in total. The van der Waals surface area contributed by atoms with E-state index in [4.69, 9.17) is 5.11 Å². The molecule has 0 amide bonds. The van der Waals surface area contributed by atoms with Crippen molar-refractivity contribution in [2.24, 2.45) is 0 Å². The number of nitrogens with one attached hydrogen (secondary N) is 1. The zero-order valence-corrected chi connectivity index (χ0v) is 11.3. The first-order valence-electron chi connectivity index (χ1n) is 6.33. The molecule has 0 radical (unpaired) electrons. The van der Waals surface area contributed by atoms with Crippen LogP contribution in [0.4, 0.5) is 5.69 Å². The minimum Gasteiger partial charge on any atom is -0.507 e. The molecule has 0 heterocycles. The van der Waals surface area contributed by atoms with Crippen LogP contribution in [0.25, 0.3) is 0 Å². The van der Waals surface area contributed by atoms with Crippen molar-refractivity contribution < 1.29 is 10.2 Å². The average molecular weight is 257 g/mol. The van der Waals surface area contributed by atoms with Crippen LogP contribution < -0.4 is 5.32 Å². The van der Waals surface area contributed by atoms with Crippen molar-refractivity contribution >= 4 is 5.69 Å². The first-order chi connectivity index (χ1) is 9.10. The van der Waals surface area contributed by atoms with Crippen molar-refractivity contribution in [1.82, 2.24) is 0 Å². The molecule has 0 saturated heterocycles. The van der Waals surface area contributed by atoms with E-state index in [2.05, 4.69) is 5.32 Å². The summed E-state index contributed by atoms with van der Waals surface area (Å²) in [5.41, 5.74) is 4.78. The number of anilines is 1. The predicted octanol–water partition coefficient (Wildman–Crippen LogP) is 3.11. The van der Waals surface area contributed by atoms with Gasteiger partial charge in [-0.05, 0) is 48.2 Å². The fourth-order valence-electron chi connectivity index (χ4n) is 2.13. The van der Waals surface area contributed by atoms with Gasteiger partial charge in [0.2, 0.25) is 0 Å². The number of phenols is 1. The molecule has 100 valence electrons. The lowest BCUT2D eigenvalue weighted by Gasteiger charge is -2.10. The van der Waals surface area contributed by atoms with Gasteiger partial charge in [0.1, 0.15) is 5.75 Å². The maximum atomic E-state index is 9.74. The van der Waals surface area contributed by atoms with E-state index in [1.165, 1.54) is 0 Å².